The molecule has 3 heteroatoms. The second-order valence-corrected chi connectivity index (χ2v) is 5.55. The van der Waals surface area contributed by atoms with E-state index in [9.17, 15) is 5.11 Å². The summed E-state index contributed by atoms with van der Waals surface area (Å²) in [6, 6.07) is 5.91. The minimum absolute atomic E-state index is 0.455. The number of rotatable bonds is 2. The standard InChI is InChI=1S/C15H22ClNO/c1-12(18)13-7-8-15(14(16)11-13)17-9-5-3-2-4-6-10-17/h7-8,11-12,18H,2-6,9-10H2,1H3/t12-/m0/s1. The summed E-state index contributed by atoms with van der Waals surface area (Å²) in [7, 11) is 0. The molecule has 1 aliphatic rings. The fourth-order valence-corrected chi connectivity index (χ4v) is 2.84. The minimum Gasteiger partial charge on any atom is -0.389 e. The van der Waals surface area contributed by atoms with Crippen LogP contribution in [0.2, 0.25) is 5.02 Å². The number of halogens is 1. The molecule has 1 atom stereocenters. The Morgan fingerprint density at radius 3 is 2.28 bits per heavy atom. The van der Waals surface area contributed by atoms with Crippen molar-refractivity contribution in [2.24, 2.45) is 0 Å². The monoisotopic (exact) mass is 267 g/mol. The van der Waals surface area contributed by atoms with Gasteiger partial charge in [-0.25, -0.2) is 0 Å². The molecule has 0 bridgehead atoms. The van der Waals surface area contributed by atoms with E-state index in [0.717, 1.165) is 29.4 Å². The summed E-state index contributed by atoms with van der Waals surface area (Å²) in [6.07, 6.45) is 6.04. The molecule has 1 saturated heterocycles. The zero-order valence-electron chi connectivity index (χ0n) is 11.0. The maximum atomic E-state index is 9.56. The lowest BCUT2D eigenvalue weighted by Crippen LogP contribution is -2.27. The van der Waals surface area contributed by atoms with Gasteiger partial charge in [-0.3, -0.25) is 0 Å². The van der Waals surface area contributed by atoms with Crippen LogP contribution in [0.3, 0.4) is 0 Å². The van der Waals surface area contributed by atoms with Crippen LogP contribution in [0.4, 0.5) is 5.69 Å². The highest BCUT2D eigenvalue weighted by Crippen LogP contribution is 2.30. The van der Waals surface area contributed by atoms with E-state index < -0.39 is 6.10 Å². The van der Waals surface area contributed by atoms with Crippen LogP contribution in [0.15, 0.2) is 18.2 Å². The van der Waals surface area contributed by atoms with Crippen molar-refractivity contribution in [3.05, 3.63) is 28.8 Å². The Morgan fingerprint density at radius 1 is 1.11 bits per heavy atom. The summed E-state index contributed by atoms with van der Waals surface area (Å²) < 4.78 is 0. The topological polar surface area (TPSA) is 23.5 Å². The molecular weight excluding hydrogens is 246 g/mol. The first-order chi connectivity index (χ1) is 8.68. The van der Waals surface area contributed by atoms with Crippen LogP contribution in [0.25, 0.3) is 0 Å². The second kappa shape index (κ2) is 6.44. The lowest BCUT2D eigenvalue weighted by Gasteiger charge is -2.28. The van der Waals surface area contributed by atoms with E-state index in [2.05, 4.69) is 4.90 Å². The van der Waals surface area contributed by atoms with Crippen LogP contribution < -0.4 is 4.90 Å². The average Bonchev–Trinajstić information content (AvgIpc) is 2.29. The van der Waals surface area contributed by atoms with Crippen LogP contribution in [0.5, 0.6) is 0 Å². The predicted molar refractivity (Wildman–Crippen MR) is 77.4 cm³/mol. The van der Waals surface area contributed by atoms with Gasteiger partial charge in [0.25, 0.3) is 0 Å². The Balaban J connectivity index is 2.15. The zero-order chi connectivity index (χ0) is 13.0. The normalized spacial score (nSPS) is 19.2. The highest BCUT2D eigenvalue weighted by Gasteiger charge is 2.13. The van der Waals surface area contributed by atoms with E-state index in [1.165, 1.54) is 32.1 Å². The van der Waals surface area contributed by atoms with Crippen molar-refractivity contribution in [2.75, 3.05) is 18.0 Å². The lowest BCUT2D eigenvalue weighted by atomic mass is 10.1. The fraction of sp³-hybridized carbons (Fsp3) is 0.600. The lowest BCUT2D eigenvalue weighted by molar-refractivity contribution is 0.199. The highest BCUT2D eigenvalue weighted by molar-refractivity contribution is 6.33. The van der Waals surface area contributed by atoms with Crippen molar-refractivity contribution in [1.29, 1.82) is 0 Å². The molecule has 1 aliphatic heterocycles. The first-order valence-electron chi connectivity index (χ1n) is 6.91. The third-order valence-corrected chi connectivity index (χ3v) is 3.95. The van der Waals surface area contributed by atoms with E-state index in [4.69, 9.17) is 11.6 Å². The molecule has 2 rings (SSSR count). The molecule has 1 aromatic rings. The van der Waals surface area contributed by atoms with Gasteiger partial charge in [0.2, 0.25) is 0 Å². The molecule has 18 heavy (non-hydrogen) atoms. The van der Waals surface area contributed by atoms with Crippen LogP contribution in [0, 0.1) is 0 Å². The van der Waals surface area contributed by atoms with Gasteiger partial charge in [0.05, 0.1) is 16.8 Å². The maximum Gasteiger partial charge on any atom is 0.0762 e. The minimum atomic E-state index is -0.455. The number of benzene rings is 1. The second-order valence-electron chi connectivity index (χ2n) is 5.14. The molecule has 1 fully saturated rings. The van der Waals surface area contributed by atoms with Gasteiger partial charge in [0.1, 0.15) is 0 Å². The summed E-state index contributed by atoms with van der Waals surface area (Å²) in [5.41, 5.74) is 2.00. The summed E-state index contributed by atoms with van der Waals surface area (Å²) in [4.78, 5) is 2.38. The largest absolute Gasteiger partial charge is 0.389 e. The molecule has 0 aromatic heterocycles. The van der Waals surface area contributed by atoms with Gasteiger partial charge in [-0.2, -0.15) is 0 Å². The number of aliphatic hydroxyl groups excluding tert-OH is 1. The summed E-state index contributed by atoms with van der Waals surface area (Å²) in [6.45, 7) is 3.95. The Labute approximate surface area is 115 Å². The molecule has 0 saturated carbocycles. The van der Waals surface area contributed by atoms with Gasteiger partial charge in [0, 0.05) is 13.1 Å². The van der Waals surface area contributed by atoms with E-state index in [1.54, 1.807) is 6.92 Å². The smallest absolute Gasteiger partial charge is 0.0762 e. The molecule has 1 N–H and O–H groups in total. The quantitative estimate of drug-likeness (QED) is 0.870. The van der Waals surface area contributed by atoms with Gasteiger partial charge in [0.15, 0.2) is 0 Å². The molecule has 1 heterocycles. The fourth-order valence-electron chi connectivity index (χ4n) is 2.53. The van der Waals surface area contributed by atoms with Crippen molar-refractivity contribution in [1.82, 2.24) is 0 Å². The SMILES string of the molecule is C[C@H](O)c1ccc(N2CCCCCCC2)c(Cl)c1. The first-order valence-corrected chi connectivity index (χ1v) is 7.29. The van der Waals surface area contributed by atoms with E-state index >= 15 is 0 Å². The molecule has 0 amide bonds. The van der Waals surface area contributed by atoms with Crippen LogP contribution in [-0.2, 0) is 0 Å². The summed E-state index contributed by atoms with van der Waals surface area (Å²) in [5.74, 6) is 0. The third-order valence-electron chi connectivity index (χ3n) is 3.65. The Hall–Kier alpha value is -0.730. The van der Waals surface area contributed by atoms with Crippen LogP contribution in [-0.4, -0.2) is 18.2 Å². The predicted octanol–water partition coefficient (Wildman–Crippen LogP) is 4.16. The number of aliphatic hydroxyl groups is 1. The van der Waals surface area contributed by atoms with Crippen LogP contribution >= 0.6 is 11.6 Å². The Bertz CT molecular complexity index is 384. The van der Waals surface area contributed by atoms with Crippen molar-refractivity contribution in [3.63, 3.8) is 0 Å². The number of hydrogen-bond donors (Lipinski definition) is 1. The van der Waals surface area contributed by atoms with Gasteiger partial charge in [-0.1, -0.05) is 36.9 Å². The third kappa shape index (κ3) is 3.39. The first kappa shape index (κ1) is 13.7. The maximum absolute atomic E-state index is 9.56. The van der Waals surface area contributed by atoms with E-state index in [-0.39, 0.29) is 0 Å². The molecular formula is C15H22ClNO. The van der Waals surface area contributed by atoms with Gasteiger partial charge < -0.3 is 10.0 Å². The van der Waals surface area contributed by atoms with Crippen molar-refractivity contribution >= 4 is 17.3 Å². The van der Waals surface area contributed by atoms with E-state index in [0.29, 0.717) is 0 Å². The Morgan fingerprint density at radius 2 is 1.72 bits per heavy atom. The summed E-state index contributed by atoms with van der Waals surface area (Å²) in [5, 5.41) is 10.3. The van der Waals surface area contributed by atoms with E-state index in [1.807, 2.05) is 18.2 Å². The Kier molecular flexibility index (Phi) is 4.90. The van der Waals surface area contributed by atoms with Crippen LogP contribution in [0.1, 0.15) is 50.7 Å². The van der Waals surface area contributed by atoms with Gasteiger partial charge in [-0.05, 0) is 37.5 Å². The highest BCUT2D eigenvalue weighted by atomic mass is 35.5. The molecule has 0 aliphatic carbocycles. The summed E-state index contributed by atoms with van der Waals surface area (Å²) >= 11 is 6.35. The molecule has 0 unspecified atom stereocenters. The number of hydrogen-bond acceptors (Lipinski definition) is 2. The number of anilines is 1. The molecule has 1 aromatic carbocycles. The number of nitrogens with zero attached hydrogens (tertiary/aromatic N) is 1. The average molecular weight is 268 g/mol. The molecule has 100 valence electrons. The van der Waals surface area contributed by atoms with Gasteiger partial charge in [-0.15, -0.1) is 0 Å². The molecule has 0 radical (unpaired) electrons. The molecule has 2 nitrogen and oxygen atoms in total. The van der Waals surface area contributed by atoms with Crippen molar-refractivity contribution in [3.8, 4) is 0 Å². The zero-order valence-corrected chi connectivity index (χ0v) is 11.8. The molecule has 0 spiro atoms. The van der Waals surface area contributed by atoms with Crippen molar-refractivity contribution < 1.29 is 5.11 Å². The van der Waals surface area contributed by atoms with Crippen molar-refractivity contribution in [2.45, 2.75) is 45.1 Å². The van der Waals surface area contributed by atoms with Gasteiger partial charge >= 0.3 is 0 Å².